The van der Waals surface area contributed by atoms with Gasteiger partial charge in [-0.1, -0.05) is 11.6 Å². The molecule has 1 aromatic heterocycles. The van der Waals surface area contributed by atoms with E-state index in [1.54, 1.807) is 18.3 Å². The highest BCUT2D eigenvalue weighted by Gasteiger charge is 2.14. The van der Waals surface area contributed by atoms with Gasteiger partial charge in [0, 0.05) is 22.5 Å². The number of aromatic nitrogens is 1. The minimum Gasteiger partial charge on any atom is -0.321 e. The van der Waals surface area contributed by atoms with Crippen LogP contribution in [0.1, 0.15) is 10.4 Å². The lowest BCUT2D eigenvalue weighted by Gasteiger charge is -2.09. The molecule has 0 bridgehead atoms. The Morgan fingerprint density at radius 2 is 1.62 bits per heavy atom. The van der Waals surface area contributed by atoms with Crippen molar-refractivity contribution in [2.24, 2.45) is 0 Å². The first-order valence-corrected chi connectivity index (χ1v) is 9.40. The average Bonchev–Trinajstić information content (AvgIpc) is 2.63. The summed E-state index contributed by atoms with van der Waals surface area (Å²) >= 11 is 5.77. The molecule has 3 aromatic rings. The maximum Gasteiger partial charge on any atom is 0.261 e. The molecule has 0 fully saturated rings. The molecule has 0 aliphatic rings. The molecule has 0 atom stereocenters. The zero-order chi connectivity index (χ0) is 18.6. The molecule has 0 aliphatic carbocycles. The minimum atomic E-state index is -3.73. The van der Waals surface area contributed by atoms with Gasteiger partial charge in [-0.2, -0.15) is 0 Å². The molecule has 0 saturated carbocycles. The van der Waals surface area contributed by atoms with Crippen LogP contribution in [0.25, 0.3) is 0 Å². The lowest BCUT2D eigenvalue weighted by atomic mass is 10.2. The van der Waals surface area contributed by atoms with E-state index in [1.807, 2.05) is 0 Å². The summed E-state index contributed by atoms with van der Waals surface area (Å²) in [5.41, 5.74) is 1.31. The second-order valence-corrected chi connectivity index (χ2v) is 7.45. The van der Waals surface area contributed by atoms with Crippen LogP contribution >= 0.6 is 11.6 Å². The van der Waals surface area contributed by atoms with Crippen molar-refractivity contribution < 1.29 is 13.2 Å². The van der Waals surface area contributed by atoms with E-state index in [9.17, 15) is 13.2 Å². The minimum absolute atomic E-state index is 0.0975. The number of benzene rings is 2. The fourth-order valence-corrected chi connectivity index (χ4v) is 3.34. The van der Waals surface area contributed by atoms with Gasteiger partial charge in [-0.3, -0.25) is 14.5 Å². The Morgan fingerprint density at radius 1 is 0.923 bits per heavy atom. The molecule has 6 nitrogen and oxygen atoms in total. The van der Waals surface area contributed by atoms with Gasteiger partial charge < -0.3 is 5.32 Å². The monoisotopic (exact) mass is 387 g/mol. The van der Waals surface area contributed by atoms with Gasteiger partial charge in [0.15, 0.2) is 0 Å². The van der Waals surface area contributed by atoms with E-state index in [0.29, 0.717) is 22.0 Å². The molecule has 8 heteroatoms. The molecule has 1 heterocycles. The maximum atomic E-state index is 12.3. The van der Waals surface area contributed by atoms with Gasteiger partial charge in [0.25, 0.3) is 15.9 Å². The standard InChI is InChI=1S/C18H14ClN3O3S/c19-14-5-9-17(10-6-14)26(24,25)22-15-7-3-13(4-8-15)18(23)21-16-2-1-11-20-12-16/h1-12,22H,(H,21,23). The Bertz CT molecular complexity index is 1010. The number of amides is 1. The number of rotatable bonds is 5. The zero-order valence-electron chi connectivity index (χ0n) is 13.4. The molecule has 1 amide bonds. The number of nitrogens with zero attached hydrogens (tertiary/aromatic N) is 1. The van der Waals surface area contributed by atoms with Crippen LogP contribution in [0.15, 0.2) is 78.0 Å². The second kappa shape index (κ2) is 7.55. The second-order valence-electron chi connectivity index (χ2n) is 5.33. The van der Waals surface area contributed by atoms with Crippen molar-refractivity contribution in [2.45, 2.75) is 4.90 Å². The van der Waals surface area contributed by atoms with Crippen LogP contribution in [0, 0.1) is 0 Å². The lowest BCUT2D eigenvalue weighted by molar-refractivity contribution is 0.102. The van der Waals surface area contributed by atoms with Crippen molar-refractivity contribution in [3.63, 3.8) is 0 Å². The number of nitrogens with one attached hydrogen (secondary N) is 2. The summed E-state index contributed by atoms with van der Waals surface area (Å²) in [7, 11) is -3.73. The molecule has 0 saturated heterocycles. The number of anilines is 2. The quantitative estimate of drug-likeness (QED) is 0.697. The molecule has 0 aliphatic heterocycles. The fraction of sp³-hybridized carbons (Fsp3) is 0. The molecular weight excluding hydrogens is 374 g/mol. The summed E-state index contributed by atoms with van der Waals surface area (Å²) in [6.07, 6.45) is 3.14. The largest absolute Gasteiger partial charge is 0.321 e. The summed E-state index contributed by atoms with van der Waals surface area (Å²) in [5.74, 6) is -0.315. The Kier molecular flexibility index (Phi) is 5.20. The fourth-order valence-electron chi connectivity index (χ4n) is 2.16. The first-order valence-electron chi connectivity index (χ1n) is 7.54. The number of pyridine rings is 1. The van der Waals surface area contributed by atoms with Crippen molar-refractivity contribution >= 4 is 38.9 Å². The van der Waals surface area contributed by atoms with E-state index in [0.717, 1.165) is 0 Å². The predicted molar refractivity (Wildman–Crippen MR) is 101 cm³/mol. The SMILES string of the molecule is O=C(Nc1cccnc1)c1ccc(NS(=O)(=O)c2ccc(Cl)cc2)cc1. The van der Waals surface area contributed by atoms with Crippen molar-refractivity contribution in [1.29, 1.82) is 0 Å². The number of hydrogen-bond donors (Lipinski definition) is 2. The first kappa shape index (κ1) is 17.9. The summed E-state index contributed by atoms with van der Waals surface area (Å²) in [5, 5.41) is 3.16. The number of halogens is 1. The number of carbonyl (C=O) groups is 1. The average molecular weight is 388 g/mol. The topological polar surface area (TPSA) is 88.2 Å². The highest BCUT2D eigenvalue weighted by molar-refractivity contribution is 7.92. The van der Waals surface area contributed by atoms with Crippen molar-refractivity contribution in [3.8, 4) is 0 Å². The van der Waals surface area contributed by atoms with Crippen molar-refractivity contribution in [1.82, 2.24) is 4.98 Å². The Balaban J connectivity index is 1.71. The van der Waals surface area contributed by atoms with Crippen LogP contribution in [-0.2, 0) is 10.0 Å². The zero-order valence-corrected chi connectivity index (χ0v) is 15.0. The number of hydrogen-bond acceptors (Lipinski definition) is 4. The van der Waals surface area contributed by atoms with E-state index in [2.05, 4.69) is 15.0 Å². The third-order valence-electron chi connectivity index (χ3n) is 3.44. The van der Waals surface area contributed by atoms with Crippen LogP contribution in [-0.4, -0.2) is 19.3 Å². The summed E-state index contributed by atoms with van der Waals surface area (Å²) in [4.78, 5) is 16.2. The molecule has 0 unspecified atom stereocenters. The van der Waals surface area contributed by atoms with Crippen molar-refractivity contribution in [2.75, 3.05) is 10.0 Å². The predicted octanol–water partition coefficient (Wildman–Crippen LogP) is 3.79. The molecule has 132 valence electrons. The highest BCUT2D eigenvalue weighted by atomic mass is 35.5. The maximum absolute atomic E-state index is 12.3. The van der Waals surface area contributed by atoms with E-state index in [4.69, 9.17) is 11.6 Å². The summed E-state index contributed by atoms with van der Waals surface area (Å²) in [6.45, 7) is 0. The van der Waals surface area contributed by atoms with Gasteiger partial charge in [-0.05, 0) is 60.7 Å². The molecule has 2 N–H and O–H groups in total. The van der Waals surface area contributed by atoms with Gasteiger partial charge in [0.05, 0.1) is 16.8 Å². The van der Waals surface area contributed by atoms with Crippen LogP contribution in [0.5, 0.6) is 0 Å². The van der Waals surface area contributed by atoms with E-state index < -0.39 is 10.0 Å². The highest BCUT2D eigenvalue weighted by Crippen LogP contribution is 2.19. The Morgan fingerprint density at radius 3 is 2.23 bits per heavy atom. The summed E-state index contributed by atoms with van der Waals surface area (Å²) in [6, 6.07) is 15.4. The van der Waals surface area contributed by atoms with Crippen LogP contribution in [0.4, 0.5) is 11.4 Å². The molecule has 3 rings (SSSR count). The smallest absolute Gasteiger partial charge is 0.261 e. The summed E-state index contributed by atoms with van der Waals surface area (Å²) < 4.78 is 27.1. The van der Waals surface area contributed by atoms with Gasteiger partial charge in [-0.15, -0.1) is 0 Å². The van der Waals surface area contributed by atoms with Gasteiger partial charge in [0.2, 0.25) is 0 Å². The van der Waals surface area contributed by atoms with Crippen LogP contribution < -0.4 is 10.0 Å². The third kappa shape index (κ3) is 4.38. The van der Waals surface area contributed by atoms with Crippen LogP contribution in [0.2, 0.25) is 5.02 Å². The molecule has 26 heavy (non-hydrogen) atoms. The molecule has 0 spiro atoms. The number of carbonyl (C=O) groups excluding carboxylic acids is 1. The van der Waals surface area contributed by atoms with E-state index in [1.165, 1.54) is 54.7 Å². The van der Waals surface area contributed by atoms with Crippen molar-refractivity contribution in [3.05, 3.63) is 83.6 Å². The number of sulfonamides is 1. The first-order chi connectivity index (χ1) is 12.4. The van der Waals surface area contributed by atoms with Gasteiger partial charge in [-0.25, -0.2) is 8.42 Å². The van der Waals surface area contributed by atoms with Gasteiger partial charge in [0.1, 0.15) is 0 Å². The third-order valence-corrected chi connectivity index (χ3v) is 5.09. The molecule has 0 radical (unpaired) electrons. The van der Waals surface area contributed by atoms with E-state index >= 15 is 0 Å². The normalized spacial score (nSPS) is 11.0. The Hall–Kier alpha value is -2.90. The van der Waals surface area contributed by atoms with Gasteiger partial charge >= 0.3 is 0 Å². The lowest BCUT2D eigenvalue weighted by Crippen LogP contribution is -2.14. The molecular formula is C18H14ClN3O3S. The van der Waals surface area contributed by atoms with E-state index in [-0.39, 0.29) is 10.8 Å². The molecule has 2 aromatic carbocycles. The van der Waals surface area contributed by atoms with Crippen LogP contribution in [0.3, 0.4) is 0 Å². The Labute approximate surface area is 155 Å².